The third kappa shape index (κ3) is 4.48. The second-order valence-corrected chi connectivity index (χ2v) is 8.84. The molecule has 2 fully saturated rings. The number of hydrogen-bond acceptors (Lipinski definition) is 6. The zero-order valence-corrected chi connectivity index (χ0v) is 17.9. The van der Waals surface area contributed by atoms with E-state index in [1.54, 1.807) is 30.3 Å². The molecule has 1 aromatic heterocycles. The van der Waals surface area contributed by atoms with Gasteiger partial charge >= 0.3 is 12.2 Å². The van der Waals surface area contributed by atoms with E-state index in [1.165, 1.54) is 9.80 Å². The third-order valence-electron chi connectivity index (χ3n) is 4.69. The van der Waals surface area contributed by atoms with Crippen LogP contribution in [0.4, 0.5) is 21.0 Å². The number of amides is 3. The molecule has 3 amide bonds. The molecule has 1 aromatic carbocycles. The number of nitrogens with one attached hydrogen (secondary N) is 1. The lowest BCUT2D eigenvalue weighted by molar-refractivity contribution is -0.117. The van der Waals surface area contributed by atoms with E-state index in [2.05, 4.69) is 5.32 Å². The lowest BCUT2D eigenvalue weighted by Crippen LogP contribution is -2.39. The quantitative estimate of drug-likeness (QED) is 0.720. The van der Waals surface area contributed by atoms with Crippen LogP contribution in [0.1, 0.15) is 12.8 Å². The molecule has 0 saturated carbocycles. The number of cyclic esters (lactones) is 1. The Hall–Kier alpha value is -2.49. The van der Waals surface area contributed by atoms with E-state index < -0.39 is 18.2 Å². The number of halogens is 2. The molecule has 2 aromatic rings. The molecule has 0 radical (unpaired) electrons. The van der Waals surface area contributed by atoms with Gasteiger partial charge in [0.05, 0.1) is 27.7 Å². The first kappa shape index (κ1) is 20.8. The number of carbonyl (C=O) groups is 3. The minimum atomic E-state index is -0.648. The maximum atomic E-state index is 12.5. The predicted octanol–water partition coefficient (Wildman–Crippen LogP) is 4.30. The first-order valence-corrected chi connectivity index (χ1v) is 10.8. The van der Waals surface area contributed by atoms with Crippen molar-refractivity contribution in [3.05, 3.63) is 39.7 Å². The molecular weight excluding hydrogens is 453 g/mol. The summed E-state index contributed by atoms with van der Waals surface area (Å²) in [6.45, 7) is 1.19. The molecule has 4 rings (SSSR count). The van der Waals surface area contributed by atoms with Gasteiger partial charge in [0.15, 0.2) is 5.06 Å². The van der Waals surface area contributed by atoms with E-state index in [0.717, 1.165) is 17.8 Å². The second kappa shape index (κ2) is 8.71. The number of rotatable bonds is 4. The standard InChI is InChI=1S/C19H17Cl2N3O5S/c20-13-9-12(2-3-14(13)23-6-1-7-28-19(23)27)24-10-11(8-16(24)25)22-18(26)29-17-5-4-15(21)30-17/h2-5,9,11H,1,6-8,10H2,(H,22,26). The number of anilines is 2. The van der Waals surface area contributed by atoms with Gasteiger partial charge in [-0.15, -0.1) is 0 Å². The number of hydrogen-bond donors (Lipinski definition) is 1. The number of ether oxygens (including phenoxy) is 2. The van der Waals surface area contributed by atoms with Crippen molar-refractivity contribution in [1.82, 2.24) is 5.32 Å². The van der Waals surface area contributed by atoms with Crippen LogP contribution in [0.5, 0.6) is 5.06 Å². The first-order chi connectivity index (χ1) is 14.4. The summed E-state index contributed by atoms with van der Waals surface area (Å²) in [4.78, 5) is 39.5. The molecule has 30 heavy (non-hydrogen) atoms. The zero-order chi connectivity index (χ0) is 21.3. The normalized spacial score (nSPS) is 19.1. The van der Waals surface area contributed by atoms with Gasteiger partial charge in [0.25, 0.3) is 0 Å². The van der Waals surface area contributed by atoms with Crippen molar-refractivity contribution in [2.45, 2.75) is 18.9 Å². The molecule has 1 unspecified atom stereocenters. The summed E-state index contributed by atoms with van der Waals surface area (Å²) in [5.41, 5.74) is 1.12. The van der Waals surface area contributed by atoms with Gasteiger partial charge in [-0.1, -0.05) is 34.5 Å². The van der Waals surface area contributed by atoms with Crippen molar-refractivity contribution in [1.29, 1.82) is 0 Å². The molecule has 2 saturated heterocycles. The average Bonchev–Trinajstić information content (AvgIpc) is 3.27. The van der Waals surface area contributed by atoms with Crippen LogP contribution in [-0.4, -0.2) is 43.8 Å². The molecule has 0 spiro atoms. The molecular formula is C19H17Cl2N3O5S. The van der Waals surface area contributed by atoms with Gasteiger partial charge in [0.1, 0.15) is 0 Å². The maximum absolute atomic E-state index is 12.5. The molecule has 0 bridgehead atoms. The minimum Gasteiger partial charge on any atom is -0.449 e. The summed E-state index contributed by atoms with van der Waals surface area (Å²) in [6, 6.07) is 7.86. The lowest BCUT2D eigenvalue weighted by atomic mass is 10.2. The van der Waals surface area contributed by atoms with E-state index in [1.807, 2.05) is 0 Å². The van der Waals surface area contributed by atoms with Gasteiger partial charge in [0.2, 0.25) is 5.91 Å². The summed E-state index contributed by atoms with van der Waals surface area (Å²) < 4.78 is 10.7. The van der Waals surface area contributed by atoms with Gasteiger partial charge in [0, 0.05) is 25.2 Å². The highest BCUT2D eigenvalue weighted by Gasteiger charge is 2.33. The Bertz CT molecular complexity index is 998. The van der Waals surface area contributed by atoms with Crippen molar-refractivity contribution >= 4 is 64.0 Å². The van der Waals surface area contributed by atoms with E-state index in [0.29, 0.717) is 38.9 Å². The fourth-order valence-electron chi connectivity index (χ4n) is 3.35. The average molecular weight is 470 g/mol. The molecule has 11 heteroatoms. The Balaban J connectivity index is 1.40. The summed E-state index contributed by atoms with van der Waals surface area (Å²) >= 11 is 13.3. The molecule has 8 nitrogen and oxygen atoms in total. The second-order valence-electron chi connectivity index (χ2n) is 6.75. The van der Waals surface area contributed by atoms with E-state index in [4.69, 9.17) is 32.7 Å². The molecule has 2 aliphatic heterocycles. The maximum Gasteiger partial charge on any atom is 0.414 e. The number of benzene rings is 1. The Labute approximate surface area is 186 Å². The lowest BCUT2D eigenvalue weighted by Gasteiger charge is -2.27. The Morgan fingerprint density at radius 3 is 2.73 bits per heavy atom. The van der Waals surface area contributed by atoms with Crippen LogP contribution in [0.3, 0.4) is 0 Å². The van der Waals surface area contributed by atoms with Gasteiger partial charge in [-0.2, -0.15) is 0 Å². The molecule has 1 atom stereocenters. The van der Waals surface area contributed by atoms with Gasteiger partial charge < -0.3 is 19.7 Å². The highest BCUT2D eigenvalue weighted by molar-refractivity contribution is 7.17. The zero-order valence-electron chi connectivity index (χ0n) is 15.6. The van der Waals surface area contributed by atoms with Crippen molar-refractivity contribution < 1.29 is 23.9 Å². The molecule has 0 aliphatic carbocycles. The Morgan fingerprint density at radius 2 is 2.03 bits per heavy atom. The highest BCUT2D eigenvalue weighted by Crippen LogP contribution is 2.33. The monoisotopic (exact) mass is 469 g/mol. The van der Waals surface area contributed by atoms with Crippen LogP contribution in [0.25, 0.3) is 0 Å². The molecule has 1 N–H and O–H groups in total. The Morgan fingerprint density at radius 1 is 1.20 bits per heavy atom. The topological polar surface area (TPSA) is 88.2 Å². The molecule has 3 heterocycles. The van der Waals surface area contributed by atoms with Gasteiger partial charge in [-0.3, -0.25) is 9.69 Å². The SMILES string of the molecule is O=C(NC1CC(=O)N(c2ccc(N3CCCOC3=O)c(Cl)c2)C1)Oc1ccc(Cl)s1. The smallest absolute Gasteiger partial charge is 0.414 e. The van der Waals surface area contributed by atoms with Crippen LogP contribution in [-0.2, 0) is 9.53 Å². The number of nitrogens with zero attached hydrogens (tertiary/aromatic N) is 2. The third-order valence-corrected chi connectivity index (χ3v) is 6.11. The summed E-state index contributed by atoms with van der Waals surface area (Å²) in [5.74, 6) is -0.152. The van der Waals surface area contributed by atoms with Gasteiger partial charge in [-0.05, 0) is 36.8 Å². The minimum absolute atomic E-state index is 0.137. The molecule has 2 aliphatic rings. The van der Waals surface area contributed by atoms with Crippen LogP contribution < -0.4 is 19.9 Å². The van der Waals surface area contributed by atoms with Crippen molar-refractivity contribution in [3.8, 4) is 5.06 Å². The van der Waals surface area contributed by atoms with Gasteiger partial charge in [-0.25, -0.2) is 9.59 Å². The van der Waals surface area contributed by atoms with Crippen molar-refractivity contribution in [2.24, 2.45) is 0 Å². The summed E-state index contributed by atoms with van der Waals surface area (Å²) in [5, 5.41) is 3.40. The van der Waals surface area contributed by atoms with E-state index >= 15 is 0 Å². The highest BCUT2D eigenvalue weighted by atomic mass is 35.5. The number of thiophene rings is 1. The van der Waals surface area contributed by atoms with Crippen LogP contribution in [0.2, 0.25) is 9.36 Å². The van der Waals surface area contributed by atoms with Crippen molar-refractivity contribution in [2.75, 3.05) is 29.5 Å². The van der Waals surface area contributed by atoms with Crippen LogP contribution >= 0.6 is 34.5 Å². The van der Waals surface area contributed by atoms with Crippen molar-refractivity contribution in [3.63, 3.8) is 0 Å². The summed E-state index contributed by atoms with van der Waals surface area (Å²) in [7, 11) is 0. The summed E-state index contributed by atoms with van der Waals surface area (Å²) in [6.07, 6.45) is -0.235. The van der Waals surface area contributed by atoms with Crippen LogP contribution in [0.15, 0.2) is 30.3 Å². The fraction of sp³-hybridized carbons (Fsp3) is 0.316. The van der Waals surface area contributed by atoms with E-state index in [9.17, 15) is 14.4 Å². The predicted molar refractivity (Wildman–Crippen MR) is 114 cm³/mol. The number of carbonyl (C=O) groups excluding carboxylic acids is 3. The first-order valence-electron chi connectivity index (χ1n) is 9.18. The molecule has 158 valence electrons. The Kier molecular flexibility index (Phi) is 6.03. The van der Waals surface area contributed by atoms with E-state index in [-0.39, 0.29) is 18.9 Å². The largest absolute Gasteiger partial charge is 0.449 e. The van der Waals surface area contributed by atoms with Crippen LogP contribution in [0, 0.1) is 0 Å². The fourth-order valence-corrected chi connectivity index (χ4v) is 4.50.